The number of para-hydroxylation sites is 1. The third-order valence-electron chi connectivity index (χ3n) is 8.78. The van der Waals surface area contributed by atoms with Crippen molar-refractivity contribution in [2.24, 2.45) is 0 Å². The predicted molar refractivity (Wildman–Crippen MR) is 180 cm³/mol. The molecule has 0 bridgehead atoms. The van der Waals surface area contributed by atoms with Crippen molar-refractivity contribution >= 4 is 63.0 Å². The standard InChI is InChI=1S/C33H32FN5O7S2/c34-23-12-21-24(13-25(23)37-10-8-35-9-11-37)38(19-6-7-19)14-22(29(21)41)33(45)48-17-18-16-47-31-27(30(42)39(31)28(18)32(43)44)36-26(40)15-46-20-4-2-1-3-5-20/h1-5,12-14,19,27,31,35H,6-11,15-17H2,(H,36,40)(H,43,44)/t27-,31-/m1/s1. The van der Waals surface area contributed by atoms with Crippen LogP contribution in [0, 0.1) is 5.82 Å². The number of anilines is 1. The van der Waals surface area contributed by atoms with E-state index in [0.717, 1.165) is 42.6 Å². The number of ether oxygens (including phenoxy) is 1. The van der Waals surface area contributed by atoms with Crippen LogP contribution >= 0.6 is 23.5 Å². The van der Waals surface area contributed by atoms with Gasteiger partial charge in [0.15, 0.2) is 6.61 Å². The minimum absolute atomic E-state index is 0.0664. The number of rotatable bonds is 10. The van der Waals surface area contributed by atoms with Crippen LogP contribution in [0.5, 0.6) is 5.75 Å². The maximum atomic E-state index is 15.4. The van der Waals surface area contributed by atoms with Crippen LogP contribution in [0.2, 0.25) is 0 Å². The molecule has 1 saturated carbocycles. The number of amides is 2. The van der Waals surface area contributed by atoms with Crippen molar-refractivity contribution in [3.8, 4) is 5.75 Å². The van der Waals surface area contributed by atoms with Crippen molar-refractivity contribution in [1.29, 1.82) is 0 Å². The number of piperazine rings is 1. The largest absolute Gasteiger partial charge is 0.484 e. The van der Waals surface area contributed by atoms with Gasteiger partial charge < -0.3 is 29.9 Å². The molecule has 2 amide bonds. The van der Waals surface area contributed by atoms with Gasteiger partial charge >= 0.3 is 5.97 Å². The highest BCUT2D eigenvalue weighted by molar-refractivity contribution is 8.14. The van der Waals surface area contributed by atoms with Crippen LogP contribution in [0.4, 0.5) is 10.1 Å². The molecule has 12 nitrogen and oxygen atoms in total. The van der Waals surface area contributed by atoms with Gasteiger partial charge in [0.1, 0.15) is 28.7 Å². The number of halogens is 1. The molecule has 1 aliphatic carbocycles. The number of fused-ring (bicyclic) bond motifs is 2. The minimum Gasteiger partial charge on any atom is -0.484 e. The first-order valence-corrected chi connectivity index (χ1v) is 17.6. The highest BCUT2D eigenvalue weighted by Crippen LogP contribution is 2.42. The van der Waals surface area contributed by atoms with E-state index >= 15 is 4.39 Å². The summed E-state index contributed by atoms with van der Waals surface area (Å²) in [6.07, 6.45) is 3.29. The van der Waals surface area contributed by atoms with Crippen molar-refractivity contribution in [3.05, 3.63) is 81.5 Å². The van der Waals surface area contributed by atoms with Gasteiger partial charge in [0.05, 0.1) is 16.8 Å². The smallest absolute Gasteiger partial charge is 0.352 e. The molecule has 250 valence electrons. The molecular weight excluding hydrogens is 662 g/mol. The first kappa shape index (κ1) is 32.2. The normalized spacial score (nSPS) is 20.7. The Labute approximate surface area is 282 Å². The first-order chi connectivity index (χ1) is 23.2. The third kappa shape index (κ3) is 6.17. The number of pyridine rings is 1. The molecule has 3 fully saturated rings. The Morgan fingerprint density at radius 3 is 2.56 bits per heavy atom. The number of aliphatic carboxylic acids is 1. The summed E-state index contributed by atoms with van der Waals surface area (Å²) in [5.41, 5.74) is 0.440. The second-order valence-electron chi connectivity index (χ2n) is 12.0. The van der Waals surface area contributed by atoms with E-state index in [1.807, 2.05) is 15.5 Å². The van der Waals surface area contributed by atoms with E-state index in [4.69, 9.17) is 4.74 Å². The zero-order valence-electron chi connectivity index (χ0n) is 25.6. The third-order valence-corrected chi connectivity index (χ3v) is 11.1. The molecule has 4 aliphatic rings. The van der Waals surface area contributed by atoms with E-state index < -0.39 is 45.6 Å². The van der Waals surface area contributed by atoms with Gasteiger partial charge in [-0.15, -0.1) is 11.8 Å². The van der Waals surface area contributed by atoms with Crippen molar-refractivity contribution in [2.45, 2.75) is 30.3 Å². The summed E-state index contributed by atoms with van der Waals surface area (Å²) < 4.78 is 22.7. The number of hydrogen-bond acceptors (Lipinski definition) is 10. The molecule has 7 rings (SSSR count). The van der Waals surface area contributed by atoms with E-state index in [9.17, 15) is 29.1 Å². The Balaban J connectivity index is 1.07. The SMILES string of the molecule is O=C(COc1ccccc1)N[C@@H]1C(=O)N2C(C(=O)O)=C(CSC(=O)c3cn(C4CC4)c4cc(N5CCNCC5)c(F)cc4c3=O)CS[C@H]12. The van der Waals surface area contributed by atoms with Gasteiger partial charge in [0, 0.05) is 55.3 Å². The van der Waals surface area contributed by atoms with Crippen molar-refractivity contribution < 1.29 is 33.4 Å². The molecule has 3 aromatic rings. The van der Waals surface area contributed by atoms with Gasteiger partial charge in [-0.05, 0) is 42.7 Å². The first-order valence-electron chi connectivity index (χ1n) is 15.6. The van der Waals surface area contributed by atoms with Crippen LogP contribution in [0.25, 0.3) is 10.9 Å². The average molecular weight is 694 g/mol. The van der Waals surface area contributed by atoms with Crippen LogP contribution in [-0.4, -0.2) is 93.2 Å². The number of carboxylic acids is 1. The zero-order valence-corrected chi connectivity index (χ0v) is 27.3. The van der Waals surface area contributed by atoms with Gasteiger partial charge in [-0.1, -0.05) is 30.0 Å². The van der Waals surface area contributed by atoms with Crippen molar-refractivity contribution in [2.75, 3.05) is 49.2 Å². The number of thioether (sulfide) groups is 2. The Bertz CT molecular complexity index is 1910. The van der Waals surface area contributed by atoms with E-state index in [0.29, 0.717) is 35.6 Å². The fourth-order valence-electron chi connectivity index (χ4n) is 6.21. The lowest BCUT2D eigenvalue weighted by atomic mass is 10.0. The van der Waals surface area contributed by atoms with Crippen LogP contribution in [0.3, 0.4) is 0 Å². The van der Waals surface area contributed by atoms with Crippen LogP contribution in [-0.2, 0) is 14.4 Å². The zero-order chi connectivity index (χ0) is 33.5. The summed E-state index contributed by atoms with van der Waals surface area (Å²) >= 11 is 2.06. The maximum Gasteiger partial charge on any atom is 0.352 e. The molecule has 2 aromatic carbocycles. The molecule has 3 aliphatic heterocycles. The fraction of sp³-hybridized carbons (Fsp3) is 0.364. The Kier molecular flexibility index (Phi) is 8.92. The summed E-state index contributed by atoms with van der Waals surface area (Å²) in [6, 6.07) is 10.8. The molecule has 4 heterocycles. The number of β-lactam (4-membered cyclic amide) rings is 1. The second kappa shape index (κ2) is 13.3. The lowest BCUT2D eigenvalue weighted by Crippen LogP contribution is -2.70. The van der Waals surface area contributed by atoms with Crippen LogP contribution < -0.4 is 25.7 Å². The summed E-state index contributed by atoms with van der Waals surface area (Å²) in [6.45, 7) is 2.42. The quantitative estimate of drug-likeness (QED) is 0.269. The summed E-state index contributed by atoms with van der Waals surface area (Å²) in [4.78, 5) is 68.1. The fourth-order valence-corrected chi connectivity index (χ4v) is 8.53. The van der Waals surface area contributed by atoms with Crippen molar-refractivity contribution in [1.82, 2.24) is 20.1 Å². The van der Waals surface area contributed by atoms with Gasteiger partial charge in [0.25, 0.3) is 11.8 Å². The Morgan fingerprint density at radius 2 is 1.85 bits per heavy atom. The number of nitrogens with zero attached hydrogens (tertiary/aromatic N) is 3. The van der Waals surface area contributed by atoms with Crippen LogP contribution in [0.1, 0.15) is 29.2 Å². The molecule has 2 atom stereocenters. The molecule has 0 radical (unpaired) electrons. The highest BCUT2D eigenvalue weighted by Gasteiger charge is 2.54. The lowest BCUT2D eigenvalue weighted by Gasteiger charge is -2.49. The number of carbonyl (C=O) groups excluding carboxylic acids is 3. The van der Waals surface area contributed by atoms with Gasteiger partial charge in [0.2, 0.25) is 10.5 Å². The van der Waals surface area contributed by atoms with Gasteiger partial charge in [-0.2, -0.15) is 0 Å². The van der Waals surface area contributed by atoms with E-state index in [1.165, 1.54) is 17.8 Å². The molecule has 2 saturated heterocycles. The predicted octanol–water partition coefficient (Wildman–Crippen LogP) is 2.58. The van der Waals surface area contributed by atoms with E-state index in [2.05, 4.69) is 10.6 Å². The number of carbonyl (C=O) groups is 4. The number of aromatic nitrogens is 1. The minimum atomic E-state index is -1.33. The Hall–Kier alpha value is -4.34. The number of nitrogens with one attached hydrogen (secondary N) is 2. The lowest BCUT2D eigenvalue weighted by molar-refractivity contribution is -0.150. The average Bonchev–Trinajstić information content (AvgIpc) is 3.95. The topological polar surface area (TPSA) is 150 Å². The summed E-state index contributed by atoms with van der Waals surface area (Å²) in [7, 11) is 0. The van der Waals surface area contributed by atoms with E-state index in [1.54, 1.807) is 36.5 Å². The monoisotopic (exact) mass is 693 g/mol. The van der Waals surface area contributed by atoms with Crippen LogP contribution in [0.15, 0.2) is 64.7 Å². The summed E-state index contributed by atoms with van der Waals surface area (Å²) in [5.74, 6) is -2.31. The molecule has 0 spiro atoms. The van der Waals surface area contributed by atoms with E-state index in [-0.39, 0.29) is 40.8 Å². The number of carboxylic acid groups (broad SMARTS) is 1. The molecule has 15 heteroatoms. The molecule has 0 unspecified atom stereocenters. The molecule has 48 heavy (non-hydrogen) atoms. The Morgan fingerprint density at radius 1 is 1.10 bits per heavy atom. The van der Waals surface area contributed by atoms with Gasteiger partial charge in [-0.3, -0.25) is 24.1 Å². The number of hydrogen-bond donors (Lipinski definition) is 3. The highest BCUT2D eigenvalue weighted by atomic mass is 32.2. The second-order valence-corrected chi connectivity index (χ2v) is 14.0. The maximum absolute atomic E-state index is 15.4. The molecular formula is C33H32FN5O7S2. The van der Waals surface area contributed by atoms with Gasteiger partial charge in [-0.25, -0.2) is 9.18 Å². The van der Waals surface area contributed by atoms with Crippen molar-refractivity contribution in [3.63, 3.8) is 0 Å². The molecule has 3 N–H and O–H groups in total. The summed E-state index contributed by atoms with van der Waals surface area (Å²) in [5, 5.41) is 14.9. The number of benzene rings is 2. The molecule has 1 aromatic heterocycles.